The maximum atomic E-state index is 5.96. The van der Waals surface area contributed by atoms with Gasteiger partial charge in [-0.2, -0.15) is 0 Å². The van der Waals surface area contributed by atoms with Crippen LogP contribution in [0.2, 0.25) is 5.02 Å². The van der Waals surface area contributed by atoms with Crippen LogP contribution >= 0.6 is 11.6 Å². The van der Waals surface area contributed by atoms with E-state index in [-0.39, 0.29) is 0 Å². The zero-order valence-corrected chi connectivity index (χ0v) is 13.8. The second-order valence-corrected chi connectivity index (χ2v) is 7.09. The maximum Gasteiger partial charge on any atom is 0.0406 e. The van der Waals surface area contributed by atoms with Gasteiger partial charge in [-0.15, -0.1) is 0 Å². The number of nitrogens with one attached hydrogen (secondary N) is 1. The molecule has 0 heterocycles. The summed E-state index contributed by atoms with van der Waals surface area (Å²) in [5.74, 6) is 1.76. The van der Waals surface area contributed by atoms with Gasteiger partial charge in [0.25, 0.3) is 0 Å². The van der Waals surface area contributed by atoms with E-state index in [9.17, 15) is 0 Å². The first kappa shape index (κ1) is 15.9. The molecule has 0 bridgehead atoms. The molecule has 0 aliphatic heterocycles. The van der Waals surface area contributed by atoms with Gasteiger partial charge in [0.15, 0.2) is 0 Å². The minimum absolute atomic E-state index is 0.410. The summed E-state index contributed by atoms with van der Waals surface area (Å²) in [5.41, 5.74) is 1.33. The summed E-state index contributed by atoms with van der Waals surface area (Å²) in [6.45, 7) is 7.00. The largest absolute Gasteiger partial charge is 0.307 e. The van der Waals surface area contributed by atoms with Crippen LogP contribution in [0.25, 0.3) is 0 Å². The van der Waals surface area contributed by atoms with E-state index in [0.717, 1.165) is 16.9 Å². The van der Waals surface area contributed by atoms with E-state index in [0.29, 0.717) is 12.1 Å². The molecule has 2 unspecified atom stereocenters. The van der Waals surface area contributed by atoms with Crippen molar-refractivity contribution >= 4 is 11.6 Å². The first-order valence-corrected chi connectivity index (χ1v) is 8.45. The summed E-state index contributed by atoms with van der Waals surface area (Å²) in [6.07, 6.45) is 6.80. The van der Waals surface area contributed by atoms with E-state index in [1.165, 1.54) is 37.7 Å². The van der Waals surface area contributed by atoms with Crippen molar-refractivity contribution in [2.24, 2.45) is 11.8 Å². The van der Waals surface area contributed by atoms with E-state index in [1.54, 1.807) is 0 Å². The van der Waals surface area contributed by atoms with Crippen LogP contribution in [0.4, 0.5) is 0 Å². The molecule has 20 heavy (non-hydrogen) atoms. The van der Waals surface area contributed by atoms with Crippen LogP contribution in [0.3, 0.4) is 0 Å². The van der Waals surface area contributed by atoms with Gasteiger partial charge in [0.2, 0.25) is 0 Å². The zero-order valence-electron chi connectivity index (χ0n) is 13.0. The molecule has 1 nitrogen and oxygen atoms in total. The molecule has 0 saturated heterocycles. The van der Waals surface area contributed by atoms with Gasteiger partial charge in [0.1, 0.15) is 0 Å². The average molecular weight is 294 g/mol. The summed E-state index contributed by atoms with van der Waals surface area (Å²) in [5, 5.41) is 4.63. The van der Waals surface area contributed by atoms with Crippen LogP contribution in [0.1, 0.15) is 64.5 Å². The Morgan fingerprint density at radius 3 is 2.35 bits per heavy atom. The van der Waals surface area contributed by atoms with Crippen LogP contribution in [0.15, 0.2) is 24.3 Å². The molecule has 0 spiro atoms. The Labute approximate surface area is 129 Å². The summed E-state index contributed by atoms with van der Waals surface area (Å²) in [6, 6.07) is 9.31. The molecule has 2 heteroatoms. The summed E-state index contributed by atoms with van der Waals surface area (Å²) in [7, 11) is 0. The molecule has 1 aromatic carbocycles. The van der Waals surface area contributed by atoms with Gasteiger partial charge in [-0.05, 0) is 55.7 Å². The lowest BCUT2D eigenvalue weighted by Gasteiger charge is -2.23. The summed E-state index contributed by atoms with van der Waals surface area (Å²) in [4.78, 5) is 0. The fraction of sp³-hybridized carbons (Fsp3) is 0.667. The van der Waals surface area contributed by atoms with Crippen molar-refractivity contribution in [2.45, 2.75) is 65.0 Å². The highest BCUT2D eigenvalue weighted by atomic mass is 35.5. The number of halogens is 1. The Morgan fingerprint density at radius 1 is 1.00 bits per heavy atom. The highest BCUT2D eigenvalue weighted by Crippen LogP contribution is 2.29. The molecule has 3 atom stereocenters. The van der Waals surface area contributed by atoms with E-state index in [2.05, 4.69) is 38.2 Å². The fourth-order valence-corrected chi connectivity index (χ4v) is 3.49. The van der Waals surface area contributed by atoms with Crippen molar-refractivity contribution in [2.75, 3.05) is 0 Å². The Hall–Kier alpha value is -0.530. The minimum atomic E-state index is 0.410. The molecular weight excluding hydrogens is 266 g/mol. The fourth-order valence-electron chi connectivity index (χ4n) is 3.36. The van der Waals surface area contributed by atoms with Gasteiger partial charge in [0, 0.05) is 17.1 Å². The lowest BCUT2D eigenvalue weighted by Crippen LogP contribution is -2.31. The molecule has 1 fully saturated rings. The lowest BCUT2D eigenvalue weighted by molar-refractivity contribution is 0.335. The Bertz CT molecular complexity index is 398. The van der Waals surface area contributed by atoms with Crippen LogP contribution in [0.5, 0.6) is 0 Å². The lowest BCUT2D eigenvalue weighted by atomic mass is 9.89. The molecule has 112 valence electrons. The average Bonchev–Trinajstić information content (AvgIpc) is 2.65. The van der Waals surface area contributed by atoms with Crippen LogP contribution in [-0.4, -0.2) is 6.04 Å². The first-order valence-electron chi connectivity index (χ1n) is 8.07. The highest BCUT2D eigenvalue weighted by molar-refractivity contribution is 6.30. The molecule has 0 amide bonds. The quantitative estimate of drug-likeness (QED) is 0.713. The topological polar surface area (TPSA) is 12.0 Å². The highest BCUT2D eigenvalue weighted by Gasteiger charge is 2.22. The van der Waals surface area contributed by atoms with E-state index in [1.807, 2.05) is 12.1 Å². The number of rotatable bonds is 4. The standard InChI is InChI=1S/C18H28ClN/c1-13(2)15-5-4-6-18(12-9-15)20-14(3)16-7-10-17(19)11-8-16/h7-8,10-11,13-15,18,20H,4-6,9,12H2,1-3H3/t14-,15?,18?/m0/s1. The van der Waals surface area contributed by atoms with Crippen LogP contribution in [-0.2, 0) is 0 Å². The third kappa shape index (κ3) is 4.49. The molecule has 1 saturated carbocycles. The predicted octanol–water partition coefficient (Wildman–Crippen LogP) is 5.60. The van der Waals surface area contributed by atoms with Gasteiger partial charge in [-0.3, -0.25) is 0 Å². The molecule has 2 rings (SSSR count). The minimum Gasteiger partial charge on any atom is -0.307 e. The van der Waals surface area contributed by atoms with Crippen molar-refractivity contribution in [3.8, 4) is 0 Å². The van der Waals surface area contributed by atoms with Gasteiger partial charge >= 0.3 is 0 Å². The summed E-state index contributed by atoms with van der Waals surface area (Å²) >= 11 is 5.96. The van der Waals surface area contributed by atoms with Crippen molar-refractivity contribution in [3.05, 3.63) is 34.9 Å². The van der Waals surface area contributed by atoms with Crippen LogP contribution in [0, 0.1) is 11.8 Å². The van der Waals surface area contributed by atoms with Gasteiger partial charge < -0.3 is 5.32 Å². The Balaban J connectivity index is 1.88. The third-order valence-electron chi connectivity index (χ3n) is 4.81. The summed E-state index contributed by atoms with van der Waals surface area (Å²) < 4.78 is 0. The monoisotopic (exact) mass is 293 g/mol. The van der Waals surface area contributed by atoms with Crippen molar-refractivity contribution in [1.29, 1.82) is 0 Å². The Kier molecular flexibility index (Phi) is 5.92. The molecule has 0 radical (unpaired) electrons. The van der Waals surface area contributed by atoms with E-state index in [4.69, 9.17) is 11.6 Å². The van der Waals surface area contributed by atoms with Gasteiger partial charge in [0.05, 0.1) is 0 Å². The first-order chi connectivity index (χ1) is 9.56. The van der Waals surface area contributed by atoms with Gasteiger partial charge in [-0.1, -0.05) is 50.4 Å². The Morgan fingerprint density at radius 2 is 1.70 bits per heavy atom. The number of hydrogen-bond donors (Lipinski definition) is 1. The van der Waals surface area contributed by atoms with Crippen molar-refractivity contribution in [3.63, 3.8) is 0 Å². The van der Waals surface area contributed by atoms with Crippen molar-refractivity contribution in [1.82, 2.24) is 5.32 Å². The smallest absolute Gasteiger partial charge is 0.0406 e. The molecular formula is C18H28ClN. The van der Waals surface area contributed by atoms with Crippen molar-refractivity contribution < 1.29 is 0 Å². The normalized spacial score (nSPS) is 25.4. The van der Waals surface area contributed by atoms with Crippen LogP contribution < -0.4 is 5.32 Å². The second kappa shape index (κ2) is 7.47. The van der Waals surface area contributed by atoms with Gasteiger partial charge in [-0.25, -0.2) is 0 Å². The maximum absolute atomic E-state index is 5.96. The SMILES string of the molecule is CC(C)C1CCCC(N[C@@H](C)c2ccc(Cl)cc2)CC1. The number of benzene rings is 1. The van der Waals surface area contributed by atoms with E-state index >= 15 is 0 Å². The molecule has 1 aliphatic rings. The predicted molar refractivity (Wildman–Crippen MR) is 88.2 cm³/mol. The molecule has 1 aliphatic carbocycles. The second-order valence-electron chi connectivity index (χ2n) is 6.65. The number of hydrogen-bond acceptors (Lipinski definition) is 1. The molecule has 1 N–H and O–H groups in total. The molecule has 1 aromatic rings. The zero-order chi connectivity index (χ0) is 14.5. The third-order valence-corrected chi connectivity index (χ3v) is 5.06. The molecule has 0 aromatic heterocycles. The van der Waals surface area contributed by atoms with E-state index < -0.39 is 0 Å².